The van der Waals surface area contributed by atoms with E-state index >= 15 is 0 Å². The lowest BCUT2D eigenvalue weighted by atomic mass is 9.85. The molecule has 0 aromatic heterocycles. The first-order chi connectivity index (χ1) is 8.63. The molecule has 0 aromatic carbocycles. The molecule has 1 saturated heterocycles. The highest BCUT2D eigenvalue weighted by Crippen LogP contribution is 2.35. The van der Waals surface area contributed by atoms with Crippen LogP contribution in [-0.4, -0.2) is 53.5 Å². The summed E-state index contributed by atoms with van der Waals surface area (Å²) in [5.41, 5.74) is 6.34. The Balaban J connectivity index is 2.04. The SMILES string of the molecule is CCCN1CCC2(CC1)CN=C(N)N2C(C)CC. The Kier molecular flexibility index (Phi) is 4.15. The van der Waals surface area contributed by atoms with E-state index in [4.69, 9.17) is 5.73 Å². The molecule has 2 rings (SSSR count). The second kappa shape index (κ2) is 5.47. The lowest BCUT2D eigenvalue weighted by Crippen LogP contribution is -2.59. The molecule has 1 unspecified atom stereocenters. The van der Waals surface area contributed by atoms with Crippen LogP contribution in [-0.2, 0) is 0 Å². The summed E-state index contributed by atoms with van der Waals surface area (Å²) in [4.78, 5) is 9.53. The van der Waals surface area contributed by atoms with Gasteiger partial charge >= 0.3 is 0 Å². The summed E-state index contributed by atoms with van der Waals surface area (Å²) in [6.45, 7) is 11.3. The van der Waals surface area contributed by atoms with E-state index in [0.29, 0.717) is 6.04 Å². The van der Waals surface area contributed by atoms with Crippen molar-refractivity contribution in [1.82, 2.24) is 9.80 Å². The molecule has 0 radical (unpaired) electrons. The minimum absolute atomic E-state index is 0.226. The minimum Gasteiger partial charge on any atom is -0.370 e. The Labute approximate surface area is 111 Å². The van der Waals surface area contributed by atoms with E-state index in [0.717, 1.165) is 18.9 Å². The van der Waals surface area contributed by atoms with Crippen LogP contribution in [0.1, 0.15) is 46.5 Å². The number of nitrogens with two attached hydrogens (primary N) is 1. The Bertz CT molecular complexity index is 305. The molecule has 0 aromatic rings. The predicted molar refractivity (Wildman–Crippen MR) is 76.8 cm³/mol. The van der Waals surface area contributed by atoms with Crippen molar-refractivity contribution in [3.05, 3.63) is 0 Å². The van der Waals surface area contributed by atoms with Crippen LogP contribution in [0.3, 0.4) is 0 Å². The van der Waals surface area contributed by atoms with Gasteiger partial charge in [0.25, 0.3) is 0 Å². The highest BCUT2D eigenvalue weighted by atomic mass is 15.4. The molecule has 0 bridgehead atoms. The first kappa shape index (κ1) is 13.7. The number of aliphatic imine (C=N–C) groups is 1. The number of likely N-dealkylation sites (tertiary alicyclic amines) is 1. The molecule has 0 amide bonds. The standard InChI is InChI=1S/C14H28N4/c1-4-8-17-9-6-14(7-10-17)11-16-13(15)18(14)12(3)5-2/h12H,4-11H2,1-3H3,(H2,15,16). The number of hydrogen-bond acceptors (Lipinski definition) is 4. The van der Waals surface area contributed by atoms with E-state index < -0.39 is 0 Å². The molecular weight excluding hydrogens is 224 g/mol. The molecule has 2 heterocycles. The molecule has 18 heavy (non-hydrogen) atoms. The largest absolute Gasteiger partial charge is 0.370 e. The van der Waals surface area contributed by atoms with Crippen LogP contribution in [0.4, 0.5) is 0 Å². The monoisotopic (exact) mass is 252 g/mol. The van der Waals surface area contributed by atoms with Gasteiger partial charge in [-0.05, 0) is 39.2 Å². The van der Waals surface area contributed by atoms with Crippen molar-refractivity contribution in [3.8, 4) is 0 Å². The average Bonchev–Trinajstić information content (AvgIpc) is 2.69. The zero-order valence-corrected chi connectivity index (χ0v) is 12.2. The molecule has 4 nitrogen and oxygen atoms in total. The van der Waals surface area contributed by atoms with Crippen molar-refractivity contribution < 1.29 is 0 Å². The van der Waals surface area contributed by atoms with E-state index in [1.807, 2.05) is 0 Å². The second-order valence-corrected chi connectivity index (χ2v) is 5.87. The van der Waals surface area contributed by atoms with E-state index in [9.17, 15) is 0 Å². The molecule has 1 fully saturated rings. The zero-order chi connectivity index (χ0) is 13.2. The molecule has 1 spiro atoms. The van der Waals surface area contributed by atoms with Gasteiger partial charge in [0.1, 0.15) is 0 Å². The fourth-order valence-electron chi connectivity index (χ4n) is 3.41. The third-order valence-electron chi connectivity index (χ3n) is 4.65. The molecule has 1 atom stereocenters. The van der Waals surface area contributed by atoms with E-state index in [1.54, 1.807) is 0 Å². The van der Waals surface area contributed by atoms with Gasteiger partial charge in [-0.25, -0.2) is 0 Å². The van der Waals surface area contributed by atoms with Crippen molar-refractivity contribution in [2.45, 2.75) is 58.0 Å². The molecule has 104 valence electrons. The smallest absolute Gasteiger partial charge is 0.192 e. The predicted octanol–water partition coefficient (Wildman–Crippen LogP) is 1.66. The molecule has 2 aliphatic rings. The third kappa shape index (κ3) is 2.35. The Morgan fingerprint density at radius 2 is 2.00 bits per heavy atom. The summed E-state index contributed by atoms with van der Waals surface area (Å²) in [6, 6.07) is 0.508. The summed E-state index contributed by atoms with van der Waals surface area (Å²) >= 11 is 0. The third-order valence-corrected chi connectivity index (χ3v) is 4.65. The molecule has 0 aliphatic carbocycles. The van der Waals surface area contributed by atoms with Gasteiger partial charge in [-0.2, -0.15) is 0 Å². The first-order valence-electron chi connectivity index (χ1n) is 7.44. The molecule has 2 aliphatic heterocycles. The fraction of sp³-hybridized carbons (Fsp3) is 0.929. The maximum absolute atomic E-state index is 6.12. The van der Waals surface area contributed by atoms with Gasteiger partial charge < -0.3 is 15.5 Å². The van der Waals surface area contributed by atoms with Crippen LogP contribution < -0.4 is 5.73 Å². The Hall–Kier alpha value is -0.770. The lowest BCUT2D eigenvalue weighted by molar-refractivity contribution is 0.0646. The molecule has 0 saturated carbocycles. The summed E-state index contributed by atoms with van der Waals surface area (Å²) in [7, 11) is 0. The lowest BCUT2D eigenvalue weighted by Gasteiger charge is -2.47. The maximum Gasteiger partial charge on any atom is 0.192 e. The van der Waals surface area contributed by atoms with Crippen molar-refractivity contribution in [2.75, 3.05) is 26.2 Å². The van der Waals surface area contributed by atoms with Gasteiger partial charge in [0.2, 0.25) is 0 Å². The van der Waals surface area contributed by atoms with Crippen molar-refractivity contribution in [3.63, 3.8) is 0 Å². The van der Waals surface area contributed by atoms with Crippen LogP contribution in [0.5, 0.6) is 0 Å². The quantitative estimate of drug-likeness (QED) is 0.827. The fourth-order valence-corrected chi connectivity index (χ4v) is 3.41. The Morgan fingerprint density at radius 1 is 1.33 bits per heavy atom. The summed E-state index contributed by atoms with van der Waals surface area (Å²) in [5.74, 6) is 0.772. The average molecular weight is 252 g/mol. The normalized spacial score (nSPS) is 25.5. The van der Waals surface area contributed by atoms with Crippen molar-refractivity contribution in [2.24, 2.45) is 10.7 Å². The van der Waals surface area contributed by atoms with Crippen molar-refractivity contribution in [1.29, 1.82) is 0 Å². The van der Waals surface area contributed by atoms with Crippen LogP contribution in [0.2, 0.25) is 0 Å². The van der Waals surface area contributed by atoms with E-state index in [2.05, 4.69) is 35.6 Å². The van der Waals surface area contributed by atoms with Gasteiger partial charge in [0, 0.05) is 19.1 Å². The minimum atomic E-state index is 0.226. The first-order valence-corrected chi connectivity index (χ1v) is 7.44. The van der Waals surface area contributed by atoms with Crippen LogP contribution >= 0.6 is 0 Å². The van der Waals surface area contributed by atoms with Crippen LogP contribution in [0.25, 0.3) is 0 Å². The van der Waals surface area contributed by atoms with Crippen LogP contribution in [0, 0.1) is 0 Å². The highest BCUT2D eigenvalue weighted by molar-refractivity contribution is 5.81. The Morgan fingerprint density at radius 3 is 2.56 bits per heavy atom. The summed E-state index contributed by atoms with van der Waals surface area (Å²) in [6.07, 6.45) is 4.81. The molecular formula is C14H28N4. The van der Waals surface area contributed by atoms with Crippen molar-refractivity contribution >= 4 is 5.96 Å². The van der Waals surface area contributed by atoms with E-state index in [-0.39, 0.29) is 5.54 Å². The van der Waals surface area contributed by atoms with Crippen LogP contribution in [0.15, 0.2) is 4.99 Å². The number of piperidine rings is 1. The zero-order valence-electron chi connectivity index (χ0n) is 12.2. The van der Waals surface area contributed by atoms with Gasteiger partial charge in [-0.1, -0.05) is 13.8 Å². The van der Waals surface area contributed by atoms with Gasteiger partial charge in [0.05, 0.1) is 12.1 Å². The molecule has 4 heteroatoms. The molecule has 2 N–H and O–H groups in total. The second-order valence-electron chi connectivity index (χ2n) is 5.87. The highest BCUT2D eigenvalue weighted by Gasteiger charge is 2.45. The topological polar surface area (TPSA) is 44.9 Å². The summed E-state index contributed by atoms with van der Waals surface area (Å²) in [5, 5.41) is 0. The van der Waals surface area contributed by atoms with Gasteiger partial charge in [0.15, 0.2) is 5.96 Å². The van der Waals surface area contributed by atoms with Gasteiger partial charge in [-0.15, -0.1) is 0 Å². The summed E-state index contributed by atoms with van der Waals surface area (Å²) < 4.78 is 0. The van der Waals surface area contributed by atoms with E-state index in [1.165, 1.54) is 38.9 Å². The number of rotatable bonds is 4. The number of guanidine groups is 1. The maximum atomic E-state index is 6.12. The van der Waals surface area contributed by atoms with Gasteiger partial charge in [-0.3, -0.25) is 4.99 Å². The number of hydrogen-bond donors (Lipinski definition) is 1. The number of nitrogens with zero attached hydrogens (tertiary/aromatic N) is 3.